The van der Waals surface area contributed by atoms with E-state index < -0.39 is 0 Å². The van der Waals surface area contributed by atoms with Crippen molar-refractivity contribution in [3.05, 3.63) is 0 Å². The highest BCUT2D eigenvalue weighted by Crippen LogP contribution is 2.12. The Balaban J connectivity index is 2.14. The largest absolute Gasteiger partial charge is 0.301 e. The molecule has 0 spiro atoms. The highest BCUT2D eigenvalue weighted by molar-refractivity contribution is 5.08. The van der Waals surface area contributed by atoms with Crippen LogP contribution >= 0.6 is 0 Å². The fourth-order valence-electron chi connectivity index (χ4n) is 1.17. The summed E-state index contributed by atoms with van der Waals surface area (Å²) >= 11 is 0. The van der Waals surface area contributed by atoms with Crippen molar-refractivity contribution in [2.45, 2.75) is 20.3 Å². The van der Waals surface area contributed by atoms with Crippen LogP contribution in [-0.2, 0) is 0 Å². The van der Waals surface area contributed by atoms with E-state index >= 15 is 0 Å². The van der Waals surface area contributed by atoms with Crippen LogP contribution in [0.5, 0.6) is 0 Å². The lowest BCUT2D eigenvalue weighted by Gasteiger charge is -2.35. The number of rotatable bonds is 1. The van der Waals surface area contributed by atoms with Crippen LogP contribution in [0.3, 0.4) is 0 Å². The van der Waals surface area contributed by atoms with Crippen molar-refractivity contribution in [2.75, 3.05) is 19.6 Å². The van der Waals surface area contributed by atoms with Crippen LogP contribution in [0.4, 0.5) is 0 Å². The second kappa shape index (κ2) is 3.63. The fraction of sp³-hybridized carbons (Fsp3) is 0.778. The molecule has 0 N–H and O–H groups in total. The van der Waals surface area contributed by atoms with Gasteiger partial charge in [-0.05, 0) is 6.54 Å². The van der Waals surface area contributed by atoms with E-state index in [4.69, 9.17) is 0 Å². The molecule has 1 heterocycles. The maximum Gasteiger partial charge on any atom is 0.0457 e. The van der Waals surface area contributed by atoms with Gasteiger partial charge in [-0.2, -0.15) is 0 Å². The van der Waals surface area contributed by atoms with E-state index in [0.717, 1.165) is 6.42 Å². The van der Waals surface area contributed by atoms with Gasteiger partial charge in [0.05, 0.1) is 0 Å². The first kappa shape index (κ1) is 7.63. The number of hydrogen-bond donors (Lipinski definition) is 0. The molecule has 1 saturated heterocycles. The van der Waals surface area contributed by atoms with Crippen LogP contribution in [0.15, 0.2) is 0 Å². The van der Waals surface area contributed by atoms with Crippen molar-refractivity contribution in [3.63, 3.8) is 0 Å². The zero-order valence-electron chi connectivity index (χ0n) is 6.85. The van der Waals surface area contributed by atoms with E-state index in [1.807, 2.05) is 0 Å². The summed E-state index contributed by atoms with van der Waals surface area (Å²) in [5.41, 5.74) is 0. The highest BCUT2D eigenvalue weighted by Gasteiger charge is 2.22. The summed E-state index contributed by atoms with van der Waals surface area (Å²) in [6.07, 6.45) is 1.00. The summed E-state index contributed by atoms with van der Waals surface area (Å²) in [6.45, 7) is 7.88. The summed E-state index contributed by atoms with van der Waals surface area (Å²) < 4.78 is 0. The third-order valence-corrected chi connectivity index (χ3v) is 1.89. The van der Waals surface area contributed by atoms with E-state index in [1.54, 1.807) is 0 Å². The molecule has 0 aromatic rings. The lowest BCUT2D eigenvalue weighted by molar-refractivity contribution is 0.145. The van der Waals surface area contributed by atoms with Gasteiger partial charge in [0.15, 0.2) is 0 Å². The predicted molar refractivity (Wildman–Crippen MR) is 43.7 cm³/mol. The van der Waals surface area contributed by atoms with Crippen LogP contribution in [-0.4, -0.2) is 24.5 Å². The van der Waals surface area contributed by atoms with Gasteiger partial charge in [0, 0.05) is 25.4 Å². The summed E-state index contributed by atoms with van der Waals surface area (Å²) in [4.78, 5) is 2.41. The van der Waals surface area contributed by atoms with E-state index in [0.29, 0.717) is 5.92 Å². The molecule has 1 heteroatoms. The van der Waals surface area contributed by atoms with Crippen LogP contribution < -0.4 is 0 Å². The molecule has 1 rings (SSSR count). The molecule has 0 bridgehead atoms. The van der Waals surface area contributed by atoms with E-state index in [1.165, 1.54) is 19.6 Å². The molecule has 1 aliphatic rings. The molecule has 0 amide bonds. The topological polar surface area (TPSA) is 3.24 Å². The van der Waals surface area contributed by atoms with Crippen LogP contribution in [0.25, 0.3) is 0 Å². The van der Waals surface area contributed by atoms with Crippen molar-refractivity contribution in [3.8, 4) is 11.8 Å². The summed E-state index contributed by atoms with van der Waals surface area (Å²) in [7, 11) is 0. The lowest BCUT2D eigenvalue weighted by atomic mass is 10.0. The average molecular weight is 137 g/mol. The predicted octanol–water partition coefficient (Wildman–Crippen LogP) is 1.35. The Bertz CT molecular complexity index is 146. The molecule has 1 nitrogen and oxygen atoms in total. The maximum absolute atomic E-state index is 3.24. The first-order valence-electron chi connectivity index (χ1n) is 4.07. The van der Waals surface area contributed by atoms with Gasteiger partial charge in [0.1, 0.15) is 0 Å². The van der Waals surface area contributed by atoms with Gasteiger partial charge in [-0.15, -0.1) is 5.92 Å². The Labute approximate surface area is 63.4 Å². The third-order valence-electron chi connectivity index (χ3n) is 1.89. The zero-order chi connectivity index (χ0) is 7.40. The zero-order valence-corrected chi connectivity index (χ0v) is 6.85. The van der Waals surface area contributed by atoms with Gasteiger partial charge in [-0.1, -0.05) is 19.8 Å². The summed E-state index contributed by atoms with van der Waals surface area (Å²) in [5, 5.41) is 0. The molecular weight excluding hydrogens is 122 g/mol. The molecule has 1 aliphatic heterocycles. The normalized spacial score (nSPS) is 19.4. The standard InChI is InChI=1S/C9H15N/c1-3-5-6-9-7-10(4-2)8-9/h9H,3-4,7-8H2,1-2H3. The van der Waals surface area contributed by atoms with Crippen molar-refractivity contribution in [1.82, 2.24) is 4.90 Å². The molecule has 0 aromatic carbocycles. The summed E-state index contributed by atoms with van der Waals surface area (Å²) in [6, 6.07) is 0. The first-order valence-corrected chi connectivity index (χ1v) is 4.07. The van der Waals surface area contributed by atoms with Crippen LogP contribution in [0.2, 0.25) is 0 Å². The molecule has 0 saturated carbocycles. The molecule has 0 atom stereocenters. The molecule has 0 radical (unpaired) electrons. The quantitative estimate of drug-likeness (QED) is 0.493. The van der Waals surface area contributed by atoms with Crippen molar-refractivity contribution in [1.29, 1.82) is 0 Å². The van der Waals surface area contributed by atoms with E-state index in [9.17, 15) is 0 Å². The first-order chi connectivity index (χ1) is 4.86. The number of nitrogens with zero attached hydrogens (tertiary/aromatic N) is 1. The van der Waals surface area contributed by atoms with Crippen molar-refractivity contribution < 1.29 is 0 Å². The highest BCUT2D eigenvalue weighted by atomic mass is 15.2. The number of likely N-dealkylation sites (tertiary alicyclic amines) is 1. The average Bonchev–Trinajstić information content (AvgIpc) is 1.86. The Hall–Kier alpha value is -0.480. The minimum absolute atomic E-state index is 0.680. The van der Waals surface area contributed by atoms with Gasteiger partial charge in [0.25, 0.3) is 0 Å². The maximum atomic E-state index is 3.24. The molecular formula is C9H15N. The van der Waals surface area contributed by atoms with Gasteiger partial charge >= 0.3 is 0 Å². The van der Waals surface area contributed by atoms with Gasteiger partial charge in [-0.25, -0.2) is 0 Å². The second-order valence-corrected chi connectivity index (χ2v) is 2.72. The Morgan fingerprint density at radius 1 is 1.40 bits per heavy atom. The SMILES string of the molecule is CCC#CC1CN(CC)C1. The minimum Gasteiger partial charge on any atom is -0.301 e. The van der Waals surface area contributed by atoms with E-state index in [-0.39, 0.29) is 0 Å². The van der Waals surface area contributed by atoms with E-state index in [2.05, 4.69) is 30.6 Å². The van der Waals surface area contributed by atoms with Crippen LogP contribution in [0, 0.1) is 17.8 Å². The lowest BCUT2D eigenvalue weighted by Crippen LogP contribution is -2.45. The Morgan fingerprint density at radius 2 is 2.10 bits per heavy atom. The number of hydrogen-bond acceptors (Lipinski definition) is 1. The Kier molecular flexibility index (Phi) is 2.77. The smallest absolute Gasteiger partial charge is 0.0457 e. The van der Waals surface area contributed by atoms with Gasteiger partial charge in [-0.3, -0.25) is 0 Å². The monoisotopic (exact) mass is 137 g/mol. The molecule has 1 fully saturated rings. The Morgan fingerprint density at radius 3 is 2.60 bits per heavy atom. The van der Waals surface area contributed by atoms with Crippen LogP contribution in [0.1, 0.15) is 20.3 Å². The molecule has 0 aromatic heterocycles. The van der Waals surface area contributed by atoms with Gasteiger partial charge < -0.3 is 4.90 Å². The molecule has 56 valence electrons. The minimum atomic E-state index is 0.680. The van der Waals surface area contributed by atoms with Gasteiger partial charge in [0.2, 0.25) is 0 Å². The third kappa shape index (κ3) is 1.75. The fourth-order valence-corrected chi connectivity index (χ4v) is 1.17. The van der Waals surface area contributed by atoms with Crippen molar-refractivity contribution in [2.24, 2.45) is 5.92 Å². The second-order valence-electron chi connectivity index (χ2n) is 2.72. The summed E-state index contributed by atoms with van der Waals surface area (Å²) in [5.74, 6) is 7.04. The molecule has 0 unspecified atom stereocenters. The molecule has 0 aliphatic carbocycles. The van der Waals surface area contributed by atoms with Crippen molar-refractivity contribution >= 4 is 0 Å². The molecule has 10 heavy (non-hydrogen) atoms.